The molecule has 1 N–H and O–H groups in total. The fourth-order valence-electron chi connectivity index (χ4n) is 2.75. The molecule has 1 atom stereocenters. The van der Waals surface area contributed by atoms with Crippen LogP contribution in [0.5, 0.6) is 0 Å². The first-order valence-electron chi connectivity index (χ1n) is 6.69. The molecule has 1 fully saturated rings. The maximum Gasteiger partial charge on any atom is 0.283 e. The van der Waals surface area contributed by atoms with Crippen molar-refractivity contribution in [3.8, 4) is 0 Å². The van der Waals surface area contributed by atoms with Gasteiger partial charge in [0, 0.05) is 31.2 Å². The minimum atomic E-state index is -0.373. The predicted octanol–water partition coefficient (Wildman–Crippen LogP) is 2.95. The molecule has 1 heterocycles. The highest BCUT2D eigenvalue weighted by Gasteiger charge is 2.30. The molecule has 0 bridgehead atoms. The molecule has 0 radical (unpaired) electrons. The van der Waals surface area contributed by atoms with E-state index in [9.17, 15) is 15.2 Å². The summed E-state index contributed by atoms with van der Waals surface area (Å²) in [5.41, 5.74) is 0.978. The van der Waals surface area contributed by atoms with Gasteiger partial charge in [0.05, 0.1) is 9.40 Å². The summed E-state index contributed by atoms with van der Waals surface area (Å²) in [5.74, 6) is 0. The quantitative estimate of drug-likeness (QED) is 0.674. The zero-order chi connectivity index (χ0) is 14.8. The SMILES string of the molecule is CC1(CO)CCCN(Cc2ccc(Br)c([N+](=O)[O-])c2)C1. The first-order valence-corrected chi connectivity index (χ1v) is 7.49. The van der Waals surface area contributed by atoms with Crippen LogP contribution >= 0.6 is 15.9 Å². The summed E-state index contributed by atoms with van der Waals surface area (Å²) in [6, 6.07) is 5.25. The highest BCUT2D eigenvalue weighted by atomic mass is 79.9. The lowest BCUT2D eigenvalue weighted by Gasteiger charge is -2.39. The van der Waals surface area contributed by atoms with Crippen LogP contribution in [0.15, 0.2) is 22.7 Å². The number of nitrogens with zero attached hydrogens (tertiary/aromatic N) is 2. The fourth-order valence-corrected chi connectivity index (χ4v) is 3.14. The van der Waals surface area contributed by atoms with Crippen molar-refractivity contribution in [1.82, 2.24) is 4.90 Å². The molecule has 0 aliphatic carbocycles. The van der Waals surface area contributed by atoms with E-state index in [1.165, 1.54) is 0 Å². The number of halogens is 1. The summed E-state index contributed by atoms with van der Waals surface area (Å²) in [7, 11) is 0. The average molecular weight is 343 g/mol. The van der Waals surface area contributed by atoms with Gasteiger partial charge >= 0.3 is 0 Å². The zero-order valence-corrected chi connectivity index (χ0v) is 13.1. The molecule has 0 saturated carbocycles. The lowest BCUT2D eigenvalue weighted by molar-refractivity contribution is -0.385. The normalized spacial score (nSPS) is 23.8. The smallest absolute Gasteiger partial charge is 0.283 e. The highest BCUT2D eigenvalue weighted by molar-refractivity contribution is 9.10. The van der Waals surface area contributed by atoms with Gasteiger partial charge in [-0.2, -0.15) is 0 Å². The third kappa shape index (κ3) is 3.56. The summed E-state index contributed by atoms with van der Waals surface area (Å²) in [5, 5.41) is 20.4. The molecule has 0 amide bonds. The molecule has 1 aromatic carbocycles. The predicted molar refractivity (Wildman–Crippen MR) is 80.5 cm³/mol. The van der Waals surface area contributed by atoms with Gasteiger partial charge < -0.3 is 5.11 Å². The molecule has 6 heteroatoms. The fraction of sp³-hybridized carbons (Fsp3) is 0.571. The van der Waals surface area contributed by atoms with Crippen molar-refractivity contribution < 1.29 is 10.0 Å². The zero-order valence-electron chi connectivity index (χ0n) is 11.5. The Morgan fingerprint density at radius 2 is 2.30 bits per heavy atom. The molecule has 1 aromatic rings. The van der Waals surface area contributed by atoms with Gasteiger partial charge in [0.2, 0.25) is 0 Å². The van der Waals surface area contributed by atoms with Crippen molar-refractivity contribution in [2.24, 2.45) is 5.41 Å². The van der Waals surface area contributed by atoms with Crippen LogP contribution < -0.4 is 0 Å². The summed E-state index contributed by atoms with van der Waals surface area (Å²) < 4.78 is 0.505. The number of benzene rings is 1. The second kappa shape index (κ2) is 6.20. The first kappa shape index (κ1) is 15.4. The Morgan fingerprint density at radius 3 is 2.95 bits per heavy atom. The van der Waals surface area contributed by atoms with Gasteiger partial charge in [0.25, 0.3) is 5.69 Å². The Bertz CT molecular complexity index is 509. The molecule has 5 nitrogen and oxygen atoms in total. The second-order valence-corrected chi connectivity index (χ2v) is 6.68. The van der Waals surface area contributed by atoms with Gasteiger partial charge in [-0.05, 0) is 46.9 Å². The molecule has 0 spiro atoms. The van der Waals surface area contributed by atoms with Crippen molar-refractivity contribution in [2.75, 3.05) is 19.7 Å². The molecule has 1 aliphatic rings. The first-order chi connectivity index (χ1) is 9.43. The number of hydrogen-bond acceptors (Lipinski definition) is 4. The van der Waals surface area contributed by atoms with E-state index >= 15 is 0 Å². The van der Waals surface area contributed by atoms with Crippen molar-refractivity contribution in [3.05, 3.63) is 38.3 Å². The van der Waals surface area contributed by atoms with Crippen LogP contribution in [-0.4, -0.2) is 34.6 Å². The Morgan fingerprint density at radius 1 is 1.55 bits per heavy atom. The minimum absolute atomic E-state index is 0.0560. The molecule has 110 valence electrons. The maximum atomic E-state index is 10.9. The number of piperidine rings is 1. The standard InChI is InChI=1S/C14H19BrN2O3/c1-14(10-18)5-2-6-16(9-14)8-11-3-4-12(15)13(7-11)17(19)20/h3-4,7,18H,2,5-6,8-10H2,1H3. The van der Waals surface area contributed by atoms with Crippen LogP contribution in [0.25, 0.3) is 0 Å². The third-order valence-electron chi connectivity index (χ3n) is 3.86. The topological polar surface area (TPSA) is 66.6 Å². The molecule has 1 saturated heterocycles. The van der Waals surface area contributed by atoms with Gasteiger partial charge in [-0.3, -0.25) is 15.0 Å². The minimum Gasteiger partial charge on any atom is -0.396 e. The Balaban J connectivity index is 2.10. The van der Waals surface area contributed by atoms with Gasteiger partial charge in [0.15, 0.2) is 0 Å². The van der Waals surface area contributed by atoms with E-state index in [4.69, 9.17) is 0 Å². The van der Waals surface area contributed by atoms with Crippen LogP contribution in [0.3, 0.4) is 0 Å². The monoisotopic (exact) mass is 342 g/mol. The van der Waals surface area contributed by atoms with Crippen molar-refractivity contribution in [1.29, 1.82) is 0 Å². The van der Waals surface area contributed by atoms with Crippen molar-refractivity contribution in [3.63, 3.8) is 0 Å². The van der Waals surface area contributed by atoms with E-state index < -0.39 is 0 Å². The van der Waals surface area contributed by atoms with Gasteiger partial charge in [-0.15, -0.1) is 0 Å². The van der Waals surface area contributed by atoms with E-state index in [-0.39, 0.29) is 22.6 Å². The highest BCUT2D eigenvalue weighted by Crippen LogP contribution is 2.31. The maximum absolute atomic E-state index is 10.9. The van der Waals surface area contributed by atoms with Gasteiger partial charge in [0.1, 0.15) is 0 Å². The number of aliphatic hydroxyl groups is 1. The molecule has 2 rings (SSSR count). The summed E-state index contributed by atoms with van der Waals surface area (Å²) in [4.78, 5) is 12.8. The Kier molecular flexibility index (Phi) is 4.78. The van der Waals surface area contributed by atoms with Crippen molar-refractivity contribution in [2.45, 2.75) is 26.3 Å². The summed E-state index contributed by atoms with van der Waals surface area (Å²) >= 11 is 3.20. The van der Waals surface area contributed by atoms with Crippen LogP contribution in [0.4, 0.5) is 5.69 Å². The summed E-state index contributed by atoms with van der Waals surface area (Å²) in [6.07, 6.45) is 2.08. The number of rotatable bonds is 4. The van der Waals surface area contributed by atoms with Crippen LogP contribution in [0.2, 0.25) is 0 Å². The molecule has 1 unspecified atom stereocenters. The largest absolute Gasteiger partial charge is 0.396 e. The molecule has 20 heavy (non-hydrogen) atoms. The molecule has 1 aliphatic heterocycles. The van der Waals surface area contributed by atoms with Crippen LogP contribution in [0, 0.1) is 15.5 Å². The molecule has 0 aromatic heterocycles. The number of nitro benzene ring substituents is 1. The lowest BCUT2D eigenvalue weighted by Crippen LogP contribution is -2.43. The van der Waals surface area contributed by atoms with Gasteiger partial charge in [-0.1, -0.05) is 13.0 Å². The summed E-state index contributed by atoms with van der Waals surface area (Å²) in [6.45, 7) is 4.75. The van der Waals surface area contributed by atoms with Gasteiger partial charge in [-0.25, -0.2) is 0 Å². The molecular formula is C14H19BrN2O3. The van der Waals surface area contributed by atoms with Crippen LogP contribution in [-0.2, 0) is 6.54 Å². The van der Waals surface area contributed by atoms with E-state index in [0.29, 0.717) is 11.0 Å². The number of likely N-dealkylation sites (tertiary alicyclic amines) is 1. The van der Waals surface area contributed by atoms with E-state index in [1.807, 2.05) is 6.07 Å². The van der Waals surface area contributed by atoms with E-state index in [0.717, 1.165) is 31.5 Å². The van der Waals surface area contributed by atoms with Crippen molar-refractivity contribution >= 4 is 21.6 Å². The third-order valence-corrected chi connectivity index (χ3v) is 4.53. The number of aliphatic hydroxyl groups excluding tert-OH is 1. The van der Waals surface area contributed by atoms with Crippen LogP contribution in [0.1, 0.15) is 25.3 Å². The number of hydrogen-bond donors (Lipinski definition) is 1. The Hall–Kier alpha value is -0.980. The number of nitro groups is 1. The second-order valence-electron chi connectivity index (χ2n) is 5.83. The van der Waals surface area contributed by atoms with E-state index in [2.05, 4.69) is 27.8 Å². The molecular weight excluding hydrogens is 324 g/mol. The lowest BCUT2D eigenvalue weighted by atomic mass is 9.82. The van der Waals surface area contributed by atoms with E-state index in [1.54, 1.807) is 12.1 Å². The average Bonchev–Trinajstić information content (AvgIpc) is 2.41. The Labute approximate surface area is 126 Å².